The summed E-state index contributed by atoms with van der Waals surface area (Å²) in [4.78, 5) is 0. The highest BCUT2D eigenvalue weighted by Gasteiger charge is 2.19. The number of nitrogens with two attached hydrogens (primary N) is 1. The predicted octanol–water partition coefficient (Wildman–Crippen LogP) is 1.81. The van der Waals surface area contributed by atoms with Gasteiger partial charge in [0.15, 0.2) is 0 Å². The summed E-state index contributed by atoms with van der Waals surface area (Å²) >= 11 is 0. The van der Waals surface area contributed by atoms with Crippen LogP contribution in [0, 0.1) is 0 Å². The minimum atomic E-state index is 0.589. The highest BCUT2D eigenvalue weighted by atomic mass is 16.3. The second-order valence-corrected chi connectivity index (χ2v) is 4.26. The number of unbranched alkanes of at least 4 members (excludes halogenated alkanes) is 1. The highest BCUT2D eigenvalue weighted by Crippen LogP contribution is 2.18. The average Bonchev–Trinajstić information content (AvgIpc) is 2.96. The van der Waals surface area contributed by atoms with Gasteiger partial charge >= 0.3 is 0 Å². The zero-order valence-electron chi connectivity index (χ0n) is 9.17. The van der Waals surface area contributed by atoms with Crippen LogP contribution in [0.2, 0.25) is 0 Å². The van der Waals surface area contributed by atoms with Gasteiger partial charge in [0.1, 0.15) is 5.76 Å². The van der Waals surface area contributed by atoms with Crippen LogP contribution in [0.25, 0.3) is 0 Å². The molecular weight excluding hydrogens is 188 g/mol. The predicted molar refractivity (Wildman–Crippen MR) is 60.6 cm³/mol. The quantitative estimate of drug-likeness (QED) is 0.672. The Morgan fingerprint density at radius 1 is 1.40 bits per heavy atom. The van der Waals surface area contributed by atoms with Crippen LogP contribution in [-0.2, 0) is 13.0 Å². The maximum absolute atomic E-state index is 5.60. The van der Waals surface area contributed by atoms with Gasteiger partial charge in [-0.25, -0.2) is 0 Å². The first-order valence-corrected chi connectivity index (χ1v) is 5.89. The van der Waals surface area contributed by atoms with Crippen molar-refractivity contribution < 1.29 is 4.42 Å². The fourth-order valence-corrected chi connectivity index (χ4v) is 1.77. The molecule has 0 aromatic carbocycles. The van der Waals surface area contributed by atoms with E-state index in [1.807, 2.05) is 6.07 Å². The van der Waals surface area contributed by atoms with E-state index in [4.69, 9.17) is 10.2 Å². The first-order chi connectivity index (χ1) is 7.40. The van der Waals surface area contributed by atoms with Crippen molar-refractivity contribution in [3.8, 4) is 0 Å². The molecule has 0 aliphatic heterocycles. The molecule has 3 nitrogen and oxygen atoms in total. The summed E-state index contributed by atoms with van der Waals surface area (Å²) in [6, 6.07) is 2.80. The molecule has 0 saturated heterocycles. The van der Waals surface area contributed by atoms with Crippen molar-refractivity contribution in [1.82, 2.24) is 5.32 Å². The van der Waals surface area contributed by atoms with Crippen molar-refractivity contribution >= 4 is 0 Å². The summed E-state index contributed by atoms with van der Waals surface area (Å²) in [5, 5.41) is 3.51. The van der Waals surface area contributed by atoms with Crippen molar-refractivity contribution in [2.45, 2.75) is 44.7 Å². The van der Waals surface area contributed by atoms with E-state index in [1.54, 1.807) is 6.26 Å². The summed E-state index contributed by atoms with van der Waals surface area (Å²) in [5.41, 5.74) is 6.76. The SMILES string of the molecule is NCc1ccoc1CCCCNC1CC1. The smallest absolute Gasteiger partial charge is 0.108 e. The lowest BCUT2D eigenvalue weighted by molar-refractivity contribution is 0.489. The zero-order valence-corrected chi connectivity index (χ0v) is 9.17. The van der Waals surface area contributed by atoms with Crippen LogP contribution in [0.1, 0.15) is 37.0 Å². The molecule has 84 valence electrons. The molecule has 1 heterocycles. The monoisotopic (exact) mass is 208 g/mol. The van der Waals surface area contributed by atoms with Gasteiger partial charge in [0.05, 0.1) is 6.26 Å². The number of hydrogen-bond acceptors (Lipinski definition) is 3. The van der Waals surface area contributed by atoms with Crippen molar-refractivity contribution in [2.75, 3.05) is 6.54 Å². The van der Waals surface area contributed by atoms with Crippen LogP contribution in [0.15, 0.2) is 16.7 Å². The summed E-state index contributed by atoms with van der Waals surface area (Å²) in [6.07, 6.45) is 7.90. The van der Waals surface area contributed by atoms with E-state index in [0.717, 1.165) is 30.3 Å². The molecule has 0 unspecified atom stereocenters. The molecule has 1 aromatic rings. The topological polar surface area (TPSA) is 51.2 Å². The molecule has 1 aliphatic carbocycles. The Bertz CT molecular complexity index is 292. The summed E-state index contributed by atoms with van der Waals surface area (Å²) in [7, 11) is 0. The van der Waals surface area contributed by atoms with E-state index in [1.165, 1.54) is 25.7 Å². The first kappa shape index (κ1) is 10.7. The molecule has 0 spiro atoms. The van der Waals surface area contributed by atoms with Crippen molar-refractivity contribution in [2.24, 2.45) is 5.73 Å². The third kappa shape index (κ3) is 3.36. The summed E-state index contributed by atoms with van der Waals surface area (Å²) < 4.78 is 5.40. The van der Waals surface area contributed by atoms with Crippen LogP contribution >= 0.6 is 0 Å². The lowest BCUT2D eigenvalue weighted by Gasteiger charge is -2.02. The van der Waals surface area contributed by atoms with Crippen LogP contribution in [0.5, 0.6) is 0 Å². The molecule has 1 aromatic heterocycles. The van der Waals surface area contributed by atoms with Gasteiger partial charge in [-0.05, 0) is 38.3 Å². The molecule has 1 saturated carbocycles. The van der Waals surface area contributed by atoms with E-state index in [9.17, 15) is 0 Å². The molecule has 0 amide bonds. The highest BCUT2D eigenvalue weighted by molar-refractivity contribution is 5.16. The van der Waals surface area contributed by atoms with Gasteiger partial charge in [-0.3, -0.25) is 0 Å². The number of aryl methyl sites for hydroxylation is 1. The molecule has 3 N–H and O–H groups in total. The number of rotatable bonds is 7. The third-order valence-corrected chi connectivity index (χ3v) is 2.90. The van der Waals surface area contributed by atoms with Crippen molar-refractivity contribution in [1.29, 1.82) is 0 Å². The molecule has 0 bridgehead atoms. The maximum atomic E-state index is 5.60. The Morgan fingerprint density at radius 3 is 3.00 bits per heavy atom. The van der Waals surface area contributed by atoms with Crippen LogP contribution < -0.4 is 11.1 Å². The van der Waals surface area contributed by atoms with Crippen LogP contribution in [0.4, 0.5) is 0 Å². The normalized spacial score (nSPS) is 15.8. The van der Waals surface area contributed by atoms with Crippen molar-refractivity contribution in [3.05, 3.63) is 23.7 Å². The molecule has 1 aliphatic rings. The lowest BCUT2D eigenvalue weighted by atomic mass is 10.1. The Labute approximate surface area is 91.0 Å². The fraction of sp³-hybridized carbons (Fsp3) is 0.667. The molecule has 2 rings (SSSR count). The molecule has 0 radical (unpaired) electrons. The standard InChI is InChI=1S/C12H20N2O/c13-9-10-6-8-15-12(10)3-1-2-7-14-11-4-5-11/h6,8,11,14H,1-5,7,9,13H2. The van der Waals surface area contributed by atoms with Gasteiger partial charge in [-0.15, -0.1) is 0 Å². The number of hydrogen-bond donors (Lipinski definition) is 2. The summed E-state index contributed by atoms with van der Waals surface area (Å²) in [5.74, 6) is 1.07. The van der Waals surface area contributed by atoms with E-state index in [-0.39, 0.29) is 0 Å². The zero-order chi connectivity index (χ0) is 10.5. The Morgan fingerprint density at radius 2 is 2.27 bits per heavy atom. The minimum absolute atomic E-state index is 0.589. The molecule has 15 heavy (non-hydrogen) atoms. The first-order valence-electron chi connectivity index (χ1n) is 5.89. The maximum Gasteiger partial charge on any atom is 0.108 e. The second-order valence-electron chi connectivity index (χ2n) is 4.26. The van der Waals surface area contributed by atoms with Crippen molar-refractivity contribution in [3.63, 3.8) is 0 Å². The molecular formula is C12H20N2O. The van der Waals surface area contributed by atoms with E-state index >= 15 is 0 Å². The van der Waals surface area contributed by atoms with Crippen LogP contribution in [0.3, 0.4) is 0 Å². The largest absolute Gasteiger partial charge is 0.469 e. The van der Waals surface area contributed by atoms with Gasteiger partial charge in [-0.1, -0.05) is 0 Å². The fourth-order valence-electron chi connectivity index (χ4n) is 1.77. The number of furan rings is 1. The molecule has 1 fully saturated rings. The van der Waals surface area contributed by atoms with Gasteiger partial charge in [0.25, 0.3) is 0 Å². The average molecular weight is 208 g/mol. The second kappa shape index (κ2) is 5.33. The molecule has 3 heteroatoms. The lowest BCUT2D eigenvalue weighted by Crippen LogP contribution is -2.17. The van der Waals surface area contributed by atoms with Gasteiger partial charge in [0.2, 0.25) is 0 Å². The van der Waals surface area contributed by atoms with Gasteiger partial charge in [0, 0.05) is 24.6 Å². The van der Waals surface area contributed by atoms with Crippen LogP contribution in [-0.4, -0.2) is 12.6 Å². The number of nitrogens with one attached hydrogen (secondary N) is 1. The van der Waals surface area contributed by atoms with E-state index in [0.29, 0.717) is 6.54 Å². The van der Waals surface area contributed by atoms with E-state index < -0.39 is 0 Å². The van der Waals surface area contributed by atoms with Gasteiger partial charge in [-0.2, -0.15) is 0 Å². The Hall–Kier alpha value is -0.800. The van der Waals surface area contributed by atoms with E-state index in [2.05, 4.69) is 5.32 Å². The summed E-state index contributed by atoms with van der Waals surface area (Å²) in [6.45, 7) is 1.73. The Balaban J connectivity index is 1.59. The minimum Gasteiger partial charge on any atom is -0.469 e. The Kier molecular flexibility index (Phi) is 3.80. The van der Waals surface area contributed by atoms with Gasteiger partial charge < -0.3 is 15.5 Å². The third-order valence-electron chi connectivity index (χ3n) is 2.90. The molecule has 0 atom stereocenters.